The molecule has 0 saturated carbocycles. The molecule has 5 rings (SSSR count). The molecule has 30 heavy (non-hydrogen) atoms. The van der Waals surface area contributed by atoms with Crippen molar-refractivity contribution in [2.24, 2.45) is 5.92 Å². The van der Waals surface area contributed by atoms with Gasteiger partial charge in [-0.15, -0.1) is 0 Å². The summed E-state index contributed by atoms with van der Waals surface area (Å²) in [6, 6.07) is 9.15. The average Bonchev–Trinajstić information content (AvgIpc) is 3.47. The van der Waals surface area contributed by atoms with Crippen LogP contribution < -0.4 is 10.2 Å². The van der Waals surface area contributed by atoms with Crippen LogP contribution in [0.1, 0.15) is 31.5 Å². The summed E-state index contributed by atoms with van der Waals surface area (Å²) in [5, 5.41) is 3.03. The van der Waals surface area contributed by atoms with Gasteiger partial charge in [-0.25, -0.2) is 4.98 Å². The van der Waals surface area contributed by atoms with Gasteiger partial charge in [0.2, 0.25) is 5.91 Å². The summed E-state index contributed by atoms with van der Waals surface area (Å²) in [6.45, 7) is 4.25. The number of nitrogens with zero attached hydrogens (tertiary/aromatic N) is 4. The lowest BCUT2D eigenvalue weighted by molar-refractivity contribution is -0.127. The Labute approximate surface area is 175 Å². The molecule has 2 N–H and O–H groups in total. The molecule has 0 aliphatic carbocycles. The first-order valence-electron chi connectivity index (χ1n) is 10.9. The fourth-order valence-electron chi connectivity index (χ4n) is 4.68. The van der Waals surface area contributed by atoms with Gasteiger partial charge in [-0.2, -0.15) is 4.98 Å². The second-order valence-electron chi connectivity index (χ2n) is 8.27. The Hall–Kier alpha value is -2.87. The third-order valence-electron chi connectivity index (χ3n) is 6.34. The maximum absolute atomic E-state index is 12.6. The van der Waals surface area contributed by atoms with Crippen molar-refractivity contribution in [3.63, 3.8) is 0 Å². The minimum absolute atomic E-state index is 0.0591. The van der Waals surface area contributed by atoms with Gasteiger partial charge >= 0.3 is 0 Å². The molecular weight excluding hydrogens is 380 g/mol. The third kappa shape index (κ3) is 4.05. The quantitative estimate of drug-likeness (QED) is 0.674. The zero-order valence-corrected chi connectivity index (χ0v) is 17.1. The van der Waals surface area contributed by atoms with E-state index in [-0.39, 0.29) is 11.8 Å². The van der Waals surface area contributed by atoms with Crippen LogP contribution in [0.4, 0.5) is 6.01 Å². The van der Waals surface area contributed by atoms with Gasteiger partial charge in [0.05, 0.1) is 12.5 Å². The Morgan fingerprint density at radius 1 is 1.20 bits per heavy atom. The fourth-order valence-corrected chi connectivity index (χ4v) is 4.68. The summed E-state index contributed by atoms with van der Waals surface area (Å²) in [6.07, 6.45) is 7.65. The van der Waals surface area contributed by atoms with Crippen molar-refractivity contribution in [1.82, 2.24) is 25.2 Å². The van der Waals surface area contributed by atoms with Crippen LogP contribution in [0.2, 0.25) is 0 Å². The summed E-state index contributed by atoms with van der Waals surface area (Å²) in [5.74, 6) is 0.992. The number of oxazole rings is 1. The van der Waals surface area contributed by atoms with Crippen LogP contribution in [0.25, 0.3) is 11.1 Å². The van der Waals surface area contributed by atoms with Gasteiger partial charge in [-0.3, -0.25) is 9.69 Å². The van der Waals surface area contributed by atoms with Crippen molar-refractivity contribution in [3.8, 4) is 0 Å². The van der Waals surface area contributed by atoms with Crippen LogP contribution in [0.5, 0.6) is 0 Å². The lowest BCUT2D eigenvalue weighted by Crippen LogP contribution is -2.50. The molecule has 8 heteroatoms. The summed E-state index contributed by atoms with van der Waals surface area (Å²) in [5.41, 5.74) is 1.75. The minimum atomic E-state index is 0.0591. The van der Waals surface area contributed by atoms with Crippen LogP contribution in [0.15, 0.2) is 41.1 Å². The smallest absolute Gasteiger partial charge is 0.298 e. The van der Waals surface area contributed by atoms with Crippen molar-refractivity contribution < 1.29 is 9.21 Å². The highest BCUT2D eigenvalue weighted by atomic mass is 16.4. The lowest BCUT2D eigenvalue weighted by atomic mass is 9.93. The molecule has 158 valence electrons. The fraction of sp³-hybridized carbons (Fsp3) is 0.500. The number of aromatic amines is 1. The predicted octanol–water partition coefficient (Wildman–Crippen LogP) is 2.55. The van der Waals surface area contributed by atoms with E-state index in [1.54, 1.807) is 12.4 Å². The Balaban J connectivity index is 1.14. The number of nitrogens with one attached hydrogen (secondary N) is 2. The summed E-state index contributed by atoms with van der Waals surface area (Å²) < 4.78 is 5.93. The number of amides is 1. The van der Waals surface area contributed by atoms with Gasteiger partial charge in [-0.1, -0.05) is 12.1 Å². The number of aromatic nitrogens is 3. The molecule has 0 spiro atoms. The first-order valence-corrected chi connectivity index (χ1v) is 10.9. The number of carbonyl (C=O) groups excluding carboxylic acids is 1. The second-order valence-corrected chi connectivity index (χ2v) is 8.27. The summed E-state index contributed by atoms with van der Waals surface area (Å²) in [4.78, 5) is 29.2. The van der Waals surface area contributed by atoms with Gasteiger partial charge in [0.1, 0.15) is 11.3 Å². The lowest BCUT2D eigenvalue weighted by Gasteiger charge is -2.41. The molecule has 1 atom stereocenters. The van der Waals surface area contributed by atoms with E-state index in [9.17, 15) is 4.79 Å². The number of rotatable bonds is 5. The highest BCUT2D eigenvalue weighted by Gasteiger charge is 2.32. The predicted molar refractivity (Wildman–Crippen MR) is 114 cm³/mol. The van der Waals surface area contributed by atoms with Crippen LogP contribution in [-0.4, -0.2) is 58.0 Å². The number of piperidine rings is 2. The van der Waals surface area contributed by atoms with E-state index in [1.165, 1.54) is 0 Å². The highest BCUT2D eigenvalue weighted by molar-refractivity contribution is 5.78. The molecule has 2 aliphatic rings. The van der Waals surface area contributed by atoms with Crippen molar-refractivity contribution in [3.05, 3.63) is 42.5 Å². The maximum Gasteiger partial charge on any atom is 0.298 e. The van der Waals surface area contributed by atoms with E-state index < -0.39 is 0 Å². The molecule has 4 heterocycles. The van der Waals surface area contributed by atoms with Gasteiger partial charge in [0.15, 0.2) is 5.58 Å². The SMILES string of the molecule is O=C(NCc1ncc[nH]1)C1CCCN(C2CCN(c3nc4ccccc4o3)CC2)C1. The molecule has 2 aliphatic heterocycles. The first-order chi connectivity index (χ1) is 14.8. The number of anilines is 1. The molecule has 2 fully saturated rings. The van der Waals surface area contributed by atoms with E-state index in [4.69, 9.17) is 4.42 Å². The van der Waals surface area contributed by atoms with E-state index in [2.05, 4.69) is 30.1 Å². The number of hydrogen-bond donors (Lipinski definition) is 2. The Morgan fingerprint density at radius 3 is 2.87 bits per heavy atom. The molecule has 2 aromatic heterocycles. The Kier molecular flexibility index (Phi) is 5.40. The van der Waals surface area contributed by atoms with Crippen LogP contribution in [0, 0.1) is 5.92 Å². The number of likely N-dealkylation sites (tertiary alicyclic amines) is 1. The molecule has 8 nitrogen and oxygen atoms in total. The van der Waals surface area contributed by atoms with Gasteiger partial charge in [0, 0.05) is 38.1 Å². The molecule has 1 aromatic carbocycles. The van der Waals surface area contributed by atoms with Crippen molar-refractivity contribution in [2.45, 2.75) is 38.3 Å². The largest absolute Gasteiger partial charge is 0.423 e. The van der Waals surface area contributed by atoms with Crippen molar-refractivity contribution >= 4 is 23.0 Å². The number of H-pyrrole nitrogens is 1. The number of hydrogen-bond acceptors (Lipinski definition) is 6. The van der Waals surface area contributed by atoms with E-state index in [1.807, 2.05) is 24.3 Å². The van der Waals surface area contributed by atoms with Crippen molar-refractivity contribution in [2.75, 3.05) is 31.1 Å². The molecule has 1 amide bonds. The van der Waals surface area contributed by atoms with E-state index in [0.717, 1.165) is 74.8 Å². The zero-order chi connectivity index (χ0) is 20.3. The van der Waals surface area contributed by atoms with Crippen LogP contribution in [-0.2, 0) is 11.3 Å². The Bertz CT molecular complexity index is 944. The first kappa shape index (κ1) is 19.1. The summed E-state index contributed by atoms with van der Waals surface area (Å²) >= 11 is 0. The minimum Gasteiger partial charge on any atom is -0.423 e. The van der Waals surface area contributed by atoms with Gasteiger partial charge in [-0.05, 0) is 44.4 Å². The van der Waals surface area contributed by atoms with Crippen LogP contribution >= 0.6 is 0 Å². The standard InChI is InChI=1S/C22H28N6O2/c29-21(25-14-20-23-9-10-24-20)16-4-3-11-28(15-16)17-7-12-27(13-8-17)22-26-18-5-1-2-6-19(18)30-22/h1-2,5-6,9-10,16-17H,3-4,7-8,11-15H2,(H,23,24)(H,25,29). The number of imidazole rings is 1. The molecule has 0 bridgehead atoms. The number of para-hydroxylation sites is 2. The van der Waals surface area contributed by atoms with Gasteiger partial charge < -0.3 is 19.6 Å². The third-order valence-corrected chi connectivity index (χ3v) is 6.34. The van der Waals surface area contributed by atoms with Crippen molar-refractivity contribution in [1.29, 1.82) is 0 Å². The Morgan fingerprint density at radius 2 is 2.07 bits per heavy atom. The normalized spacial score (nSPS) is 21.2. The number of carbonyl (C=O) groups is 1. The number of fused-ring (bicyclic) bond motifs is 1. The monoisotopic (exact) mass is 408 g/mol. The topological polar surface area (TPSA) is 90.3 Å². The van der Waals surface area contributed by atoms with Crippen LogP contribution in [0.3, 0.4) is 0 Å². The molecular formula is C22H28N6O2. The molecule has 2 saturated heterocycles. The molecule has 0 radical (unpaired) electrons. The van der Waals surface area contributed by atoms with Gasteiger partial charge in [0.25, 0.3) is 6.01 Å². The average molecular weight is 409 g/mol. The summed E-state index contributed by atoms with van der Waals surface area (Å²) in [7, 11) is 0. The number of benzene rings is 1. The highest BCUT2D eigenvalue weighted by Crippen LogP contribution is 2.28. The van der Waals surface area contributed by atoms with E-state index in [0.29, 0.717) is 12.6 Å². The molecule has 1 unspecified atom stereocenters. The molecule has 3 aromatic rings. The zero-order valence-electron chi connectivity index (χ0n) is 17.1. The maximum atomic E-state index is 12.6. The van der Waals surface area contributed by atoms with E-state index >= 15 is 0 Å². The second kappa shape index (κ2) is 8.47.